The van der Waals surface area contributed by atoms with Crippen LogP contribution in [0, 0.1) is 17.3 Å². The molecule has 1 aromatic carbocycles. The van der Waals surface area contributed by atoms with Crippen molar-refractivity contribution in [2.24, 2.45) is 28.7 Å². The Labute approximate surface area is 177 Å². The predicted molar refractivity (Wildman–Crippen MR) is 112 cm³/mol. The molecule has 2 saturated carbocycles. The van der Waals surface area contributed by atoms with E-state index in [-0.39, 0.29) is 11.5 Å². The van der Waals surface area contributed by atoms with Gasteiger partial charge in [-0.1, -0.05) is 6.92 Å². The van der Waals surface area contributed by atoms with Gasteiger partial charge in [0.05, 0.1) is 12.2 Å². The number of ether oxygens (including phenoxy) is 1. The first-order valence-electron chi connectivity index (χ1n) is 11.1. The maximum Gasteiger partial charge on any atom is 0.341 e. The monoisotopic (exact) mass is 418 g/mol. The molecule has 0 amide bonds. The summed E-state index contributed by atoms with van der Waals surface area (Å²) in [5.41, 5.74) is 15.2. The molecule has 0 heterocycles. The molecule has 7 nitrogen and oxygen atoms in total. The van der Waals surface area contributed by atoms with Crippen LogP contribution in [-0.2, 0) is 11.2 Å². The van der Waals surface area contributed by atoms with Crippen molar-refractivity contribution in [3.05, 3.63) is 28.8 Å². The van der Waals surface area contributed by atoms with Crippen molar-refractivity contribution in [1.82, 2.24) is 0 Å². The molecule has 0 saturated heterocycles. The van der Waals surface area contributed by atoms with E-state index in [1.807, 2.05) is 6.07 Å². The molecule has 4 rings (SSSR count). The number of hydrogen-bond donors (Lipinski definition) is 5. The molecule has 30 heavy (non-hydrogen) atoms. The van der Waals surface area contributed by atoms with Gasteiger partial charge in [-0.2, -0.15) is 0 Å². The first-order valence-corrected chi connectivity index (χ1v) is 11.1. The summed E-state index contributed by atoms with van der Waals surface area (Å²) in [7, 11) is 0. The van der Waals surface area contributed by atoms with Gasteiger partial charge in [-0.05, 0) is 91.5 Å². The van der Waals surface area contributed by atoms with Gasteiger partial charge in [0.15, 0.2) is 6.61 Å². The molecule has 0 radical (unpaired) electrons. The summed E-state index contributed by atoms with van der Waals surface area (Å²) in [5, 5.41) is 30.0. The van der Waals surface area contributed by atoms with Crippen molar-refractivity contribution in [2.75, 3.05) is 13.2 Å². The molecule has 0 bridgehead atoms. The molecule has 166 valence electrons. The van der Waals surface area contributed by atoms with E-state index >= 15 is 0 Å². The molecule has 2 fully saturated rings. The summed E-state index contributed by atoms with van der Waals surface area (Å²) in [5.74, 6) is 0.617. The number of carbonyl (C=O) groups is 1. The number of carboxylic acids is 1. The molecule has 7 atom stereocenters. The second-order valence-electron chi connectivity index (χ2n) is 9.66. The number of carboxylic acid groups (broad SMARTS) is 1. The van der Waals surface area contributed by atoms with Crippen LogP contribution in [0.15, 0.2) is 12.1 Å². The lowest BCUT2D eigenvalue weighted by molar-refractivity contribution is -0.139. The van der Waals surface area contributed by atoms with E-state index in [4.69, 9.17) is 21.3 Å². The number of aliphatic carboxylic acids is 1. The minimum absolute atomic E-state index is 0.221. The Morgan fingerprint density at radius 2 is 2.10 bits per heavy atom. The van der Waals surface area contributed by atoms with E-state index in [2.05, 4.69) is 13.0 Å². The van der Waals surface area contributed by atoms with Crippen molar-refractivity contribution >= 4 is 5.97 Å². The lowest BCUT2D eigenvalue weighted by atomic mass is 9.55. The first kappa shape index (κ1) is 21.6. The van der Waals surface area contributed by atoms with Crippen LogP contribution < -0.4 is 16.2 Å². The smallest absolute Gasteiger partial charge is 0.341 e. The number of nitrogens with two attached hydrogens (primary N) is 2. The van der Waals surface area contributed by atoms with E-state index < -0.39 is 24.8 Å². The molecule has 3 aliphatic carbocycles. The standard InChI is InChI=1S/C23H34N2O5/c1-23-6-4-13-14(17(23)10-19(26)22(23)29)3-2-12-8-20(30-11-21(27)28)16(9-15(12)13)18(25)5-7-24/h8-9,13-14,17-19,22,26,29H,2-7,10-11,24-25H2,1H3,(H,27,28)/t13-,14+,17-,18?,19+,22-,23-/m0/s1. The molecular weight excluding hydrogens is 384 g/mol. The molecule has 0 aliphatic heterocycles. The SMILES string of the molecule is C[C@]12CC[C@@H]3c4cc(C(N)CCN)c(OCC(=O)O)cc4CC[C@H]3[C@@H]1C[C@@H](O)[C@@H]2O. The molecule has 7 N–H and O–H groups in total. The molecule has 1 aromatic rings. The fourth-order valence-electron chi connectivity index (χ4n) is 6.49. The fraction of sp³-hybridized carbons (Fsp3) is 0.696. The highest BCUT2D eigenvalue weighted by atomic mass is 16.5. The Hall–Kier alpha value is -1.67. The predicted octanol–water partition coefficient (Wildman–Crippen LogP) is 1.69. The van der Waals surface area contributed by atoms with Crippen molar-refractivity contribution in [1.29, 1.82) is 0 Å². The molecular formula is C23H34N2O5. The van der Waals surface area contributed by atoms with Crippen molar-refractivity contribution in [2.45, 2.75) is 69.6 Å². The molecule has 0 aromatic heterocycles. The minimum Gasteiger partial charge on any atom is -0.482 e. The minimum atomic E-state index is -1.02. The Kier molecular flexibility index (Phi) is 5.83. The summed E-state index contributed by atoms with van der Waals surface area (Å²) in [4.78, 5) is 11.0. The highest BCUT2D eigenvalue weighted by Crippen LogP contribution is 2.61. The van der Waals surface area contributed by atoms with Crippen LogP contribution in [0.4, 0.5) is 0 Å². The first-order chi connectivity index (χ1) is 14.3. The topological polar surface area (TPSA) is 139 Å². The zero-order chi connectivity index (χ0) is 21.6. The van der Waals surface area contributed by atoms with E-state index in [0.29, 0.717) is 42.9 Å². The van der Waals surface area contributed by atoms with Gasteiger partial charge in [0.1, 0.15) is 5.75 Å². The summed E-state index contributed by atoms with van der Waals surface area (Å²) < 4.78 is 5.60. The lowest BCUT2D eigenvalue weighted by Gasteiger charge is -2.50. The van der Waals surface area contributed by atoms with Gasteiger partial charge in [0, 0.05) is 11.6 Å². The van der Waals surface area contributed by atoms with Crippen LogP contribution >= 0.6 is 0 Å². The van der Waals surface area contributed by atoms with Gasteiger partial charge >= 0.3 is 5.97 Å². The Bertz CT molecular complexity index is 815. The molecule has 7 heteroatoms. The number of rotatable bonds is 6. The highest BCUT2D eigenvalue weighted by molar-refractivity contribution is 5.68. The fourth-order valence-corrected chi connectivity index (χ4v) is 6.49. The van der Waals surface area contributed by atoms with Gasteiger partial charge in [0.25, 0.3) is 0 Å². The Morgan fingerprint density at radius 3 is 2.80 bits per heavy atom. The summed E-state index contributed by atoms with van der Waals surface area (Å²) in [6.45, 7) is 2.18. The normalized spacial score (nSPS) is 35.8. The van der Waals surface area contributed by atoms with Crippen LogP contribution in [0.3, 0.4) is 0 Å². The van der Waals surface area contributed by atoms with E-state index in [1.54, 1.807) is 0 Å². The Balaban J connectivity index is 1.69. The van der Waals surface area contributed by atoms with Crippen LogP contribution in [0.5, 0.6) is 5.75 Å². The average molecular weight is 419 g/mol. The zero-order valence-corrected chi connectivity index (χ0v) is 17.6. The summed E-state index contributed by atoms with van der Waals surface area (Å²) >= 11 is 0. The Morgan fingerprint density at radius 1 is 1.33 bits per heavy atom. The molecule has 3 aliphatic rings. The van der Waals surface area contributed by atoms with E-state index in [0.717, 1.165) is 31.2 Å². The largest absolute Gasteiger partial charge is 0.482 e. The van der Waals surface area contributed by atoms with Gasteiger partial charge < -0.3 is 31.5 Å². The van der Waals surface area contributed by atoms with Crippen LogP contribution in [-0.4, -0.2) is 46.6 Å². The van der Waals surface area contributed by atoms with Crippen LogP contribution in [0.1, 0.15) is 67.7 Å². The van der Waals surface area contributed by atoms with Gasteiger partial charge in [0.2, 0.25) is 0 Å². The van der Waals surface area contributed by atoms with E-state index in [1.165, 1.54) is 11.1 Å². The number of aryl methyl sites for hydroxylation is 1. The van der Waals surface area contributed by atoms with Crippen molar-refractivity contribution < 1.29 is 24.9 Å². The van der Waals surface area contributed by atoms with Crippen LogP contribution in [0.2, 0.25) is 0 Å². The number of fused-ring (bicyclic) bond motifs is 5. The van der Waals surface area contributed by atoms with Gasteiger partial charge in [-0.3, -0.25) is 0 Å². The van der Waals surface area contributed by atoms with E-state index in [9.17, 15) is 15.0 Å². The third-order valence-corrected chi connectivity index (χ3v) is 8.06. The van der Waals surface area contributed by atoms with Crippen LogP contribution in [0.25, 0.3) is 0 Å². The van der Waals surface area contributed by atoms with Gasteiger partial charge in [-0.15, -0.1) is 0 Å². The number of aliphatic hydroxyl groups is 2. The average Bonchev–Trinajstić information content (AvgIpc) is 2.95. The van der Waals surface area contributed by atoms with Crippen molar-refractivity contribution in [3.63, 3.8) is 0 Å². The summed E-state index contributed by atoms with van der Waals surface area (Å²) in [6.07, 6.45) is 3.70. The number of benzene rings is 1. The lowest BCUT2D eigenvalue weighted by Crippen LogP contribution is -2.44. The quantitative estimate of drug-likeness (QED) is 0.474. The second kappa shape index (κ2) is 8.11. The maximum absolute atomic E-state index is 11.0. The third kappa shape index (κ3) is 3.51. The maximum atomic E-state index is 11.0. The third-order valence-electron chi connectivity index (χ3n) is 8.06. The number of aliphatic hydroxyl groups excluding tert-OH is 2. The highest BCUT2D eigenvalue weighted by Gasteiger charge is 2.57. The zero-order valence-electron chi connectivity index (χ0n) is 17.6. The van der Waals surface area contributed by atoms with Gasteiger partial charge in [-0.25, -0.2) is 4.79 Å². The second-order valence-corrected chi connectivity index (χ2v) is 9.66. The molecule has 0 spiro atoms. The molecule has 1 unspecified atom stereocenters. The van der Waals surface area contributed by atoms with Crippen molar-refractivity contribution in [3.8, 4) is 5.75 Å². The summed E-state index contributed by atoms with van der Waals surface area (Å²) in [6, 6.07) is 3.79. The number of hydrogen-bond acceptors (Lipinski definition) is 6.